The van der Waals surface area contributed by atoms with Crippen molar-refractivity contribution in [3.8, 4) is 5.75 Å². The van der Waals surface area contributed by atoms with Crippen molar-refractivity contribution in [1.29, 1.82) is 0 Å². The highest BCUT2D eigenvalue weighted by atomic mass is 16.7. The Morgan fingerprint density at radius 2 is 1.12 bits per heavy atom. The molecule has 1 aromatic heterocycles. The number of benzene rings is 5. The van der Waals surface area contributed by atoms with Crippen LogP contribution in [0.15, 0.2) is 152 Å². The molecule has 58 heavy (non-hydrogen) atoms. The molecule has 1 aliphatic heterocycles. The van der Waals surface area contributed by atoms with Crippen LogP contribution in [0.25, 0.3) is 0 Å². The maximum absolute atomic E-state index is 12.2. The second-order valence-electron chi connectivity index (χ2n) is 14.1. The molecule has 0 amide bonds. The van der Waals surface area contributed by atoms with Gasteiger partial charge in [0.15, 0.2) is 6.29 Å². The number of phenols is 1. The van der Waals surface area contributed by atoms with Gasteiger partial charge in [0.2, 0.25) is 0 Å². The number of aliphatic carboxylic acids is 1. The molecule has 0 bridgehead atoms. The number of rotatable bonds is 20. The van der Waals surface area contributed by atoms with Gasteiger partial charge in [-0.15, -0.1) is 5.10 Å². The number of carbonyl (C=O) groups is 1. The summed E-state index contributed by atoms with van der Waals surface area (Å²) in [5.41, 5.74) is 4.94. The van der Waals surface area contributed by atoms with Gasteiger partial charge in [-0.3, -0.25) is 9.48 Å². The molecule has 6 aromatic rings. The number of carboxylic acid groups (broad SMARTS) is 1. The number of aromatic nitrogens is 3. The molecule has 2 N–H and O–H groups in total. The van der Waals surface area contributed by atoms with Crippen molar-refractivity contribution in [3.63, 3.8) is 0 Å². The third-order valence-electron chi connectivity index (χ3n) is 9.79. The summed E-state index contributed by atoms with van der Waals surface area (Å²) in [4.78, 5) is 12.2. The number of phenolic OH excluding ortho intramolecular Hbond substituents is 1. The average molecular weight is 786 g/mol. The van der Waals surface area contributed by atoms with Crippen LogP contribution in [0, 0.1) is 0 Å². The van der Waals surface area contributed by atoms with E-state index < -0.39 is 42.6 Å². The largest absolute Gasteiger partial charge is 0.508 e. The van der Waals surface area contributed by atoms with Crippen LogP contribution in [0.5, 0.6) is 5.75 Å². The third-order valence-corrected chi connectivity index (χ3v) is 9.79. The van der Waals surface area contributed by atoms with Crippen LogP contribution >= 0.6 is 0 Å². The van der Waals surface area contributed by atoms with E-state index in [4.69, 9.17) is 28.4 Å². The maximum Gasteiger partial charge on any atom is 0.312 e. The second kappa shape index (κ2) is 20.6. The fraction of sp³-hybridized carbons (Fsp3) is 0.283. The van der Waals surface area contributed by atoms with E-state index in [-0.39, 0.29) is 38.7 Å². The molecular formula is C46H47N3O9. The summed E-state index contributed by atoms with van der Waals surface area (Å²) in [5, 5.41) is 28.2. The smallest absolute Gasteiger partial charge is 0.312 e. The summed E-state index contributed by atoms with van der Waals surface area (Å²) >= 11 is 0. The van der Waals surface area contributed by atoms with E-state index in [1.165, 1.54) is 16.8 Å². The van der Waals surface area contributed by atoms with Crippen LogP contribution in [0.1, 0.15) is 39.4 Å². The van der Waals surface area contributed by atoms with E-state index in [0.717, 1.165) is 22.3 Å². The molecule has 1 saturated heterocycles. The molecule has 1 fully saturated rings. The van der Waals surface area contributed by atoms with E-state index in [2.05, 4.69) is 10.3 Å². The van der Waals surface area contributed by atoms with Crippen LogP contribution < -0.4 is 0 Å². The molecule has 0 radical (unpaired) electrons. The van der Waals surface area contributed by atoms with Crippen molar-refractivity contribution in [2.24, 2.45) is 0 Å². The Kier molecular flexibility index (Phi) is 14.4. The molecule has 7 rings (SSSR count). The highest BCUT2D eigenvalue weighted by Crippen LogP contribution is 2.32. The van der Waals surface area contributed by atoms with E-state index in [0.29, 0.717) is 24.5 Å². The molecule has 6 atom stereocenters. The molecule has 1 aliphatic rings. The highest BCUT2D eigenvalue weighted by Gasteiger charge is 2.49. The van der Waals surface area contributed by atoms with Crippen molar-refractivity contribution in [3.05, 3.63) is 185 Å². The first kappa shape index (κ1) is 40.5. The van der Waals surface area contributed by atoms with Gasteiger partial charge in [-0.1, -0.05) is 139 Å². The minimum absolute atomic E-state index is 0.0203. The minimum Gasteiger partial charge on any atom is -0.508 e. The van der Waals surface area contributed by atoms with Gasteiger partial charge in [0, 0.05) is 0 Å². The van der Waals surface area contributed by atoms with Gasteiger partial charge in [-0.05, 0) is 39.9 Å². The summed E-state index contributed by atoms with van der Waals surface area (Å²) < 4.78 is 41.3. The van der Waals surface area contributed by atoms with E-state index >= 15 is 0 Å². The fourth-order valence-corrected chi connectivity index (χ4v) is 6.76. The third kappa shape index (κ3) is 11.4. The normalized spacial score (nSPS) is 19.8. The lowest BCUT2D eigenvalue weighted by atomic mass is 9.97. The predicted octanol–water partition coefficient (Wildman–Crippen LogP) is 7.07. The number of nitrogens with zero attached hydrogens (tertiary/aromatic N) is 3. The standard InChI is InChI=1S/C46H47N3O9/c50-39-23-21-37(22-24-39)40(45(51)52)26-49-25-38(47-48-49)31-57-46-44(56-30-36-19-11-4-12-20-36)43(55-29-35-17-9-3-10-18-35)42(54-28-34-15-7-2-8-16-34)41(58-46)32-53-27-33-13-5-1-6-14-33/h1-25,40-44,46,50H,26-32H2,(H,51,52)/t40?,41-,42-,43+,44-,46-/m1/s1. The van der Waals surface area contributed by atoms with E-state index in [9.17, 15) is 15.0 Å². The van der Waals surface area contributed by atoms with E-state index in [1.54, 1.807) is 18.3 Å². The number of carboxylic acids is 1. The summed E-state index contributed by atoms with van der Waals surface area (Å²) in [6, 6.07) is 45.7. The quantitative estimate of drug-likeness (QED) is 0.0821. The first-order valence-corrected chi connectivity index (χ1v) is 19.2. The molecule has 12 heteroatoms. The first-order valence-electron chi connectivity index (χ1n) is 19.2. The lowest BCUT2D eigenvalue weighted by Gasteiger charge is -2.45. The number of ether oxygens (including phenoxy) is 6. The Bertz CT molecular complexity index is 2110. The molecule has 2 heterocycles. The summed E-state index contributed by atoms with van der Waals surface area (Å²) in [6.07, 6.45) is -2.01. The van der Waals surface area contributed by atoms with Crippen molar-refractivity contribution < 1.29 is 43.4 Å². The molecule has 0 aliphatic carbocycles. The van der Waals surface area contributed by atoms with Crippen LogP contribution in [0.3, 0.4) is 0 Å². The Balaban J connectivity index is 1.15. The summed E-state index contributed by atoms with van der Waals surface area (Å²) in [7, 11) is 0. The maximum atomic E-state index is 12.2. The van der Waals surface area contributed by atoms with Crippen molar-refractivity contribution in [1.82, 2.24) is 15.0 Å². The zero-order valence-electron chi connectivity index (χ0n) is 31.9. The molecule has 300 valence electrons. The zero-order chi connectivity index (χ0) is 39.9. The van der Waals surface area contributed by atoms with Gasteiger partial charge < -0.3 is 38.6 Å². The molecule has 12 nitrogen and oxygen atoms in total. The van der Waals surface area contributed by atoms with E-state index in [1.807, 2.05) is 121 Å². The van der Waals surface area contributed by atoms with Gasteiger partial charge in [-0.25, -0.2) is 0 Å². The molecule has 0 spiro atoms. The lowest BCUT2D eigenvalue weighted by Crippen LogP contribution is -2.61. The Labute approximate surface area is 337 Å². The van der Waals surface area contributed by atoms with Crippen molar-refractivity contribution in [2.75, 3.05) is 6.61 Å². The van der Waals surface area contributed by atoms with Gasteiger partial charge in [0.1, 0.15) is 41.8 Å². The van der Waals surface area contributed by atoms with Crippen LogP contribution in [-0.4, -0.2) is 68.5 Å². The van der Waals surface area contributed by atoms with Gasteiger partial charge in [-0.2, -0.15) is 0 Å². The molecule has 0 saturated carbocycles. The Hall–Kier alpha value is -5.73. The molecular weight excluding hydrogens is 739 g/mol. The predicted molar refractivity (Wildman–Crippen MR) is 213 cm³/mol. The molecule has 1 unspecified atom stereocenters. The number of aromatic hydroxyl groups is 1. The Morgan fingerprint density at radius 1 is 0.621 bits per heavy atom. The lowest BCUT2D eigenvalue weighted by molar-refractivity contribution is -0.331. The SMILES string of the molecule is O=C(O)C(Cn1cc(CO[C@@H]2O[C@H](COCc3ccccc3)[C@@H](OCc3ccccc3)[C@H](OCc3ccccc3)[C@H]2OCc2ccccc2)nn1)c1ccc(O)cc1. The van der Waals surface area contributed by atoms with Crippen LogP contribution in [-0.2, 0) is 72.8 Å². The fourth-order valence-electron chi connectivity index (χ4n) is 6.76. The monoisotopic (exact) mass is 785 g/mol. The second-order valence-corrected chi connectivity index (χ2v) is 14.1. The van der Waals surface area contributed by atoms with Crippen LogP contribution in [0.2, 0.25) is 0 Å². The number of hydrogen-bond acceptors (Lipinski definition) is 10. The molecule has 5 aromatic carbocycles. The van der Waals surface area contributed by atoms with Crippen molar-refractivity contribution in [2.45, 2.75) is 76.2 Å². The minimum atomic E-state index is -1.03. The van der Waals surface area contributed by atoms with Crippen molar-refractivity contribution >= 4 is 5.97 Å². The zero-order valence-corrected chi connectivity index (χ0v) is 31.9. The summed E-state index contributed by atoms with van der Waals surface area (Å²) in [6.45, 7) is 1.38. The Morgan fingerprint density at radius 3 is 1.66 bits per heavy atom. The van der Waals surface area contributed by atoms with Gasteiger partial charge >= 0.3 is 5.97 Å². The van der Waals surface area contributed by atoms with Crippen LogP contribution in [0.4, 0.5) is 0 Å². The topological polar surface area (TPSA) is 144 Å². The number of hydrogen-bond donors (Lipinski definition) is 2. The summed E-state index contributed by atoms with van der Waals surface area (Å²) in [5.74, 6) is -1.89. The average Bonchev–Trinajstić information content (AvgIpc) is 3.72. The van der Waals surface area contributed by atoms with Gasteiger partial charge in [0.05, 0.1) is 52.4 Å². The highest BCUT2D eigenvalue weighted by molar-refractivity contribution is 5.76. The van der Waals surface area contributed by atoms with Gasteiger partial charge in [0.25, 0.3) is 0 Å². The first-order chi connectivity index (χ1) is 28.5.